The van der Waals surface area contributed by atoms with Gasteiger partial charge in [-0.1, -0.05) is 32.8 Å². The van der Waals surface area contributed by atoms with E-state index in [1.807, 2.05) is 4.52 Å². The van der Waals surface area contributed by atoms with Crippen molar-refractivity contribution in [1.82, 2.24) is 24.0 Å². The van der Waals surface area contributed by atoms with Crippen LogP contribution in [0.5, 0.6) is 0 Å². The Kier molecular flexibility index (Phi) is 6.10. The van der Waals surface area contributed by atoms with Gasteiger partial charge < -0.3 is 5.11 Å². The lowest BCUT2D eigenvalue weighted by Gasteiger charge is -2.10. The average molecular weight is 420 g/mol. The topological polar surface area (TPSA) is 67.7 Å². The number of hydrogen-bond acceptors (Lipinski definition) is 4. The Hall–Kier alpha value is -2.73. The van der Waals surface area contributed by atoms with E-state index in [9.17, 15) is 5.11 Å². The summed E-state index contributed by atoms with van der Waals surface area (Å²) in [6.07, 6.45) is 7.47. The highest BCUT2D eigenvalue weighted by Crippen LogP contribution is 2.31. The van der Waals surface area contributed by atoms with Crippen LogP contribution in [-0.4, -0.2) is 35.7 Å². The first-order valence-electron chi connectivity index (χ1n) is 11.4. The number of pyridine rings is 1. The second-order valence-electron chi connectivity index (χ2n) is 8.81. The predicted molar refractivity (Wildman–Crippen MR) is 125 cm³/mol. The van der Waals surface area contributed by atoms with Gasteiger partial charge in [-0.2, -0.15) is 5.10 Å². The molecule has 1 atom stereocenters. The minimum absolute atomic E-state index is 0.171. The van der Waals surface area contributed by atoms with Crippen molar-refractivity contribution in [1.29, 1.82) is 0 Å². The molecular weight excluding hydrogens is 386 g/mol. The Bertz CT molecular complexity index is 1220. The van der Waals surface area contributed by atoms with Crippen molar-refractivity contribution in [2.24, 2.45) is 5.92 Å². The summed E-state index contributed by atoms with van der Waals surface area (Å²) in [5.74, 6) is 0.194. The van der Waals surface area contributed by atoms with E-state index >= 15 is 0 Å². The Morgan fingerprint density at radius 3 is 2.48 bits per heavy atom. The molecule has 4 aromatic rings. The first kappa shape index (κ1) is 21.5. The van der Waals surface area contributed by atoms with Crippen LogP contribution in [0.3, 0.4) is 0 Å². The number of aryl methyl sites for hydroxylation is 4. The van der Waals surface area contributed by atoms with E-state index in [0.717, 1.165) is 64.6 Å². The SMILES string of the molecule is CCCCCc1cc(C)nn2c(-c3c(C)nc4c(CC(C)CO)cccn34)c(C)nc12. The van der Waals surface area contributed by atoms with Crippen LogP contribution in [-0.2, 0) is 12.8 Å². The molecule has 4 heterocycles. The molecule has 0 aliphatic carbocycles. The third-order valence-corrected chi connectivity index (χ3v) is 6.02. The van der Waals surface area contributed by atoms with E-state index in [2.05, 4.69) is 63.4 Å². The van der Waals surface area contributed by atoms with Crippen molar-refractivity contribution in [2.75, 3.05) is 6.61 Å². The van der Waals surface area contributed by atoms with E-state index in [1.54, 1.807) is 0 Å². The van der Waals surface area contributed by atoms with Gasteiger partial charge in [-0.25, -0.2) is 14.5 Å². The number of rotatable bonds is 8. The van der Waals surface area contributed by atoms with Crippen LogP contribution in [0.1, 0.15) is 61.3 Å². The van der Waals surface area contributed by atoms with Gasteiger partial charge in [0.15, 0.2) is 5.65 Å². The van der Waals surface area contributed by atoms with E-state index < -0.39 is 0 Å². The van der Waals surface area contributed by atoms with Gasteiger partial charge in [0.1, 0.15) is 11.3 Å². The van der Waals surface area contributed by atoms with E-state index in [0.29, 0.717) is 0 Å². The van der Waals surface area contributed by atoms with Crippen molar-refractivity contribution in [3.05, 3.63) is 52.6 Å². The average Bonchev–Trinajstić information content (AvgIpc) is 3.24. The minimum Gasteiger partial charge on any atom is -0.396 e. The number of nitrogens with zero attached hydrogens (tertiary/aromatic N) is 5. The fraction of sp³-hybridized carbons (Fsp3) is 0.480. The Labute approximate surface area is 184 Å². The second kappa shape index (κ2) is 8.79. The Balaban J connectivity index is 1.90. The van der Waals surface area contributed by atoms with Crippen LogP contribution >= 0.6 is 0 Å². The fourth-order valence-corrected chi connectivity index (χ4v) is 4.47. The molecule has 4 rings (SSSR count). The maximum Gasteiger partial charge on any atom is 0.157 e. The molecule has 6 nitrogen and oxygen atoms in total. The standard InChI is InChI=1S/C25H33N5O/c1-6-7-8-10-21-14-17(3)28-30-23(19(5)27-25(21)30)22-18(4)26-24-20(13-16(2)15-31)11-9-12-29(22)24/h9,11-12,14,16,31H,6-8,10,13,15H2,1-5H3. The highest BCUT2D eigenvalue weighted by Gasteiger charge is 2.22. The highest BCUT2D eigenvalue weighted by atomic mass is 16.3. The summed E-state index contributed by atoms with van der Waals surface area (Å²) in [6.45, 7) is 10.6. The molecule has 164 valence electrons. The van der Waals surface area contributed by atoms with Gasteiger partial charge in [0.25, 0.3) is 0 Å². The summed E-state index contributed by atoms with van der Waals surface area (Å²) < 4.78 is 4.18. The van der Waals surface area contributed by atoms with Gasteiger partial charge in [-0.3, -0.25) is 4.40 Å². The number of aliphatic hydroxyl groups is 1. The molecule has 0 saturated heterocycles. The molecule has 0 aliphatic rings. The first-order valence-corrected chi connectivity index (χ1v) is 11.4. The molecule has 4 aromatic heterocycles. The molecule has 0 aromatic carbocycles. The summed E-state index contributed by atoms with van der Waals surface area (Å²) in [5, 5.41) is 14.4. The van der Waals surface area contributed by atoms with Crippen molar-refractivity contribution in [2.45, 2.75) is 66.7 Å². The van der Waals surface area contributed by atoms with E-state index in [1.165, 1.54) is 18.4 Å². The largest absolute Gasteiger partial charge is 0.396 e. The summed E-state index contributed by atoms with van der Waals surface area (Å²) in [6, 6.07) is 6.34. The zero-order chi connectivity index (χ0) is 22.1. The number of hydrogen-bond donors (Lipinski definition) is 1. The molecule has 0 saturated carbocycles. The zero-order valence-corrected chi connectivity index (χ0v) is 19.3. The molecular formula is C25H33N5O. The molecule has 0 aliphatic heterocycles. The number of imidazole rings is 2. The van der Waals surface area contributed by atoms with Crippen LogP contribution in [0.2, 0.25) is 0 Å². The molecule has 6 heteroatoms. The monoisotopic (exact) mass is 419 g/mol. The molecule has 0 amide bonds. The van der Waals surface area contributed by atoms with Crippen molar-refractivity contribution in [3.8, 4) is 11.4 Å². The number of unbranched alkanes of at least 4 members (excludes halogenated alkanes) is 2. The van der Waals surface area contributed by atoms with Gasteiger partial charge in [0, 0.05) is 12.8 Å². The van der Waals surface area contributed by atoms with Crippen molar-refractivity contribution >= 4 is 11.3 Å². The molecule has 0 fully saturated rings. The highest BCUT2D eigenvalue weighted by molar-refractivity contribution is 5.71. The first-order chi connectivity index (χ1) is 14.9. The van der Waals surface area contributed by atoms with Crippen LogP contribution in [0.15, 0.2) is 24.4 Å². The van der Waals surface area contributed by atoms with Crippen molar-refractivity contribution < 1.29 is 5.11 Å². The second-order valence-corrected chi connectivity index (χ2v) is 8.81. The Morgan fingerprint density at radius 1 is 1.00 bits per heavy atom. The van der Waals surface area contributed by atoms with Gasteiger partial charge in [0.05, 0.1) is 22.8 Å². The van der Waals surface area contributed by atoms with Gasteiger partial charge >= 0.3 is 0 Å². The fourth-order valence-electron chi connectivity index (χ4n) is 4.47. The van der Waals surface area contributed by atoms with Gasteiger partial charge in [-0.15, -0.1) is 0 Å². The quantitative estimate of drug-likeness (QED) is 0.414. The molecule has 0 radical (unpaired) electrons. The lowest BCUT2D eigenvalue weighted by atomic mass is 10.0. The number of aromatic nitrogens is 5. The molecule has 1 N–H and O–H groups in total. The van der Waals surface area contributed by atoms with E-state index in [4.69, 9.17) is 15.1 Å². The van der Waals surface area contributed by atoms with E-state index in [-0.39, 0.29) is 12.5 Å². The van der Waals surface area contributed by atoms with Crippen LogP contribution in [0.25, 0.3) is 22.7 Å². The molecule has 31 heavy (non-hydrogen) atoms. The minimum atomic E-state index is 0.171. The number of aliphatic hydroxyl groups excluding tert-OH is 1. The molecule has 0 bridgehead atoms. The lowest BCUT2D eigenvalue weighted by molar-refractivity contribution is 0.237. The molecule has 1 unspecified atom stereocenters. The summed E-state index contributed by atoms with van der Waals surface area (Å²) >= 11 is 0. The summed E-state index contributed by atoms with van der Waals surface area (Å²) in [7, 11) is 0. The van der Waals surface area contributed by atoms with Crippen LogP contribution in [0.4, 0.5) is 0 Å². The van der Waals surface area contributed by atoms with Crippen molar-refractivity contribution in [3.63, 3.8) is 0 Å². The third kappa shape index (κ3) is 3.97. The van der Waals surface area contributed by atoms with Gasteiger partial charge in [0.2, 0.25) is 0 Å². The van der Waals surface area contributed by atoms with Gasteiger partial charge in [-0.05, 0) is 69.2 Å². The third-order valence-electron chi connectivity index (χ3n) is 6.02. The Morgan fingerprint density at radius 2 is 1.74 bits per heavy atom. The van der Waals surface area contributed by atoms with Crippen LogP contribution < -0.4 is 0 Å². The summed E-state index contributed by atoms with van der Waals surface area (Å²) in [5.41, 5.74) is 9.28. The predicted octanol–water partition coefficient (Wildman–Crippen LogP) is 4.87. The smallest absolute Gasteiger partial charge is 0.157 e. The lowest BCUT2D eigenvalue weighted by Crippen LogP contribution is -2.06. The number of fused-ring (bicyclic) bond motifs is 2. The normalized spacial score (nSPS) is 12.8. The maximum atomic E-state index is 9.52. The maximum absolute atomic E-state index is 9.52. The zero-order valence-electron chi connectivity index (χ0n) is 19.3. The van der Waals surface area contributed by atoms with Crippen LogP contribution in [0, 0.1) is 26.7 Å². The summed E-state index contributed by atoms with van der Waals surface area (Å²) in [4.78, 5) is 9.87. The molecule has 0 spiro atoms.